The smallest absolute Gasteiger partial charge is 0.407 e. The number of hydrogen-bond acceptors (Lipinski definition) is 6. The number of nitrogens with zero attached hydrogens (tertiary/aromatic N) is 1. The molecular weight excluding hydrogens is 421 g/mol. The molecule has 0 saturated carbocycles. The molecular formula is C19H21Cl2N3O5. The molecule has 1 aromatic carbocycles. The van der Waals surface area contributed by atoms with Crippen LogP contribution in [0.25, 0.3) is 0 Å². The lowest BCUT2D eigenvalue weighted by atomic mass is 9.64. The second-order valence-corrected chi connectivity index (χ2v) is 9.10. The Labute approximate surface area is 177 Å². The lowest BCUT2D eigenvalue weighted by molar-refractivity contribution is -0.139. The summed E-state index contributed by atoms with van der Waals surface area (Å²) in [4.78, 5) is 27.1. The van der Waals surface area contributed by atoms with E-state index in [1.165, 1.54) is 7.11 Å². The van der Waals surface area contributed by atoms with Gasteiger partial charge in [0.15, 0.2) is 0 Å². The molecule has 4 fully saturated rings. The van der Waals surface area contributed by atoms with Crippen molar-refractivity contribution in [2.75, 3.05) is 24.4 Å². The number of nitrogens with two attached hydrogens (primary N) is 1. The van der Waals surface area contributed by atoms with Gasteiger partial charge in [-0.2, -0.15) is 0 Å². The van der Waals surface area contributed by atoms with Crippen molar-refractivity contribution in [1.82, 2.24) is 5.32 Å². The van der Waals surface area contributed by atoms with E-state index < -0.39 is 29.4 Å². The van der Waals surface area contributed by atoms with Crippen LogP contribution < -0.4 is 16.0 Å². The van der Waals surface area contributed by atoms with E-state index >= 15 is 0 Å². The first-order valence-corrected chi connectivity index (χ1v) is 10.2. The molecule has 10 heteroatoms. The largest absolute Gasteiger partial charge is 0.453 e. The molecule has 8 nitrogen and oxygen atoms in total. The molecule has 1 spiro atoms. The normalized spacial score (nSPS) is 39.6. The first-order valence-electron chi connectivity index (χ1n) is 9.46. The summed E-state index contributed by atoms with van der Waals surface area (Å²) in [5, 5.41) is 3.41. The molecule has 4 saturated heterocycles. The van der Waals surface area contributed by atoms with Gasteiger partial charge in [-0.3, -0.25) is 9.69 Å². The third-order valence-corrected chi connectivity index (χ3v) is 7.57. The molecule has 1 aromatic rings. The Morgan fingerprint density at radius 2 is 2.07 bits per heavy atom. The first-order chi connectivity index (χ1) is 13.7. The number of hydrogen-bond donors (Lipinski definition) is 2. The standard InChI is InChI=1S/C19H21Cl2N3O5/c1-18-11(23-17(26)27-2)7-19(29-18)3-4-28-16-13(19)12(18)15(25)24(16)8-5-9(20)14(22)10(21)6-8/h5-6,11-13,16H,3-4,7,22H2,1-2H3,(H,23,26). The fourth-order valence-corrected chi connectivity index (χ4v) is 6.21. The van der Waals surface area contributed by atoms with E-state index in [1.54, 1.807) is 17.0 Å². The molecule has 29 heavy (non-hydrogen) atoms. The highest BCUT2D eigenvalue weighted by atomic mass is 35.5. The zero-order valence-corrected chi connectivity index (χ0v) is 17.4. The molecule has 156 valence electrons. The fraction of sp³-hybridized carbons (Fsp3) is 0.579. The second-order valence-electron chi connectivity index (χ2n) is 8.29. The van der Waals surface area contributed by atoms with Crippen molar-refractivity contribution in [2.24, 2.45) is 11.8 Å². The number of amides is 2. The Hall–Kier alpha value is -1.74. The lowest BCUT2D eigenvalue weighted by Crippen LogP contribution is -2.57. The van der Waals surface area contributed by atoms with Gasteiger partial charge in [0.25, 0.3) is 0 Å². The van der Waals surface area contributed by atoms with Gasteiger partial charge >= 0.3 is 6.09 Å². The Kier molecular flexibility index (Phi) is 4.07. The summed E-state index contributed by atoms with van der Waals surface area (Å²) in [6, 6.07) is 2.92. The van der Waals surface area contributed by atoms with Crippen LogP contribution in [0.2, 0.25) is 10.0 Å². The Morgan fingerprint density at radius 3 is 2.72 bits per heavy atom. The molecule has 6 atom stereocenters. The predicted molar refractivity (Wildman–Crippen MR) is 106 cm³/mol. The van der Waals surface area contributed by atoms with Gasteiger partial charge in [0.1, 0.15) is 6.23 Å². The summed E-state index contributed by atoms with van der Waals surface area (Å²) in [6.45, 7) is 2.32. The summed E-state index contributed by atoms with van der Waals surface area (Å²) in [5.41, 5.74) is 5.26. The summed E-state index contributed by atoms with van der Waals surface area (Å²) >= 11 is 12.4. The van der Waals surface area contributed by atoms with Crippen LogP contribution in [0.1, 0.15) is 19.8 Å². The number of halogens is 2. The van der Waals surface area contributed by atoms with Crippen LogP contribution in [0.5, 0.6) is 0 Å². The number of fused-ring (bicyclic) bond motifs is 2. The van der Waals surface area contributed by atoms with Crippen LogP contribution in [0.15, 0.2) is 12.1 Å². The zero-order chi connectivity index (χ0) is 20.7. The predicted octanol–water partition coefficient (Wildman–Crippen LogP) is 2.56. The Bertz CT molecular complexity index is 906. The number of ether oxygens (including phenoxy) is 3. The van der Waals surface area contributed by atoms with Gasteiger partial charge in [0.05, 0.1) is 52.6 Å². The van der Waals surface area contributed by atoms with E-state index in [-0.39, 0.29) is 33.6 Å². The monoisotopic (exact) mass is 441 g/mol. The van der Waals surface area contributed by atoms with E-state index in [0.717, 1.165) is 0 Å². The number of nitrogens with one attached hydrogen (secondary N) is 1. The minimum absolute atomic E-state index is 0.139. The van der Waals surface area contributed by atoms with Crippen LogP contribution in [0.3, 0.4) is 0 Å². The average Bonchev–Trinajstić information content (AvgIpc) is 3.23. The van der Waals surface area contributed by atoms with Gasteiger partial charge < -0.3 is 25.3 Å². The van der Waals surface area contributed by atoms with E-state index in [0.29, 0.717) is 25.1 Å². The molecule has 5 rings (SSSR count). The lowest BCUT2D eigenvalue weighted by Gasteiger charge is -2.42. The van der Waals surface area contributed by atoms with Crippen molar-refractivity contribution in [3.8, 4) is 0 Å². The molecule has 2 bridgehead atoms. The maximum Gasteiger partial charge on any atom is 0.407 e. The number of rotatable bonds is 2. The van der Waals surface area contributed by atoms with Gasteiger partial charge in [-0.05, 0) is 19.1 Å². The molecule has 6 unspecified atom stereocenters. The van der Waals surface area contributed by atoms with E-state index in [2.05, 4.69) is 5.32 Å². The van der Waals surface area contributed by atoms with Crippen LogP contribution >= 0.6 is 23.2 Å². The van der Waals surface area contributed by atoms with E-state index in [1.807, 2.05) is 6.92 Å². The van der Waals surface area contributed by atoms with Crippen molar-refractivity contribution >= 4 is 46.6 Å². The number of nitrogen functional groups attached to an aromatic ring is 1. The average molecular weight is 442 g/mol. The topological polar surface area (TPSA) is 103 Å². The van der Waals surface area contributed by atoms with Gasteiger partial charge in [-0.15, -0.1) is 0 Å². The Balaban J connectivity index is 1.57. The number of anilines is 2. The highest BCUT2D eigenvalue weighted by Gasteiger charge is 2.78. The number of benzene rings is 1. The van der Waals surface area contributed by atoms with Crippen LogP contribution in [0, 0.1) is 11.8 Å². The summed E-state index contributed by atoms with van der Waals surface area (Å²) in [6.07, 6.45) is 0.231. The van der Waals surface area contributed by atoms with Crippen LogP contribution in [-0.2, 0) is 19.0 Å². The molecule has 4 aliphatic rings. The number of carbonyl (C=O) groups excluding carboxylic acids is 2. The minimum Gasteiger partial charge on any atom is -0.453 e. The van der Waals surface area contributed by atoms with Crippen LogP contribution in [0.4, 0.5) is 16.2 Å². The summed E-state index contributed by atoms with van der Waals surface area (Å²) in [7, 11) is 1.31. The van der Waals surface area contributed by atoms with Gasteiger partial charge in [0.2, 0.25) is 5.91 Å². The second kappa shape index (κ2) is 6.14. The van der Waals surface area contributed by atoms with E-state index in [9.17, 15) is 9.59 Å². The molecule has 4 aliphatic heterocycles. The molecule has 0 aliphatic carbocycles. The van der Waals surface area contributed by atoms with Crippen molar-refractivity contribution in [3.05, 3.63) is 22.2 Å². The third-order valence-electron chi connectivity index (χ3n) is 6.95. The zero-order valence-electron chi connectivity index (χ0n) is 15.9. The maximum atomic E-state index is 13.6. The SMILES string of the molecule is COC(=O)NC1CC23CCOC4C2C(C(=O)N4c2cc(Cl)c(N)c(Cl)c2)C1(C)O3. The van der Waals surface area contributed by atoms with Crippen molar-refractivity contribution in [2.45, 2.75) is 43.2 Å². The van der Waals surface area contributed by atoms with Crippen LogP contribution in [-0.4, -0.2) is 49.2 Å². The van der Waals surface area contributed by atoms with Crippen molar-refractivity contribution in [3.63, 3.8) is 0 Å². The number of methoxy groups -OCH3 is 1. The quantitative estimate of drug-likeness (QED) is 0.683. The van der Waals surface area contributed by atoms with Crippen molar-refractivity contribution < 1.29 is 23.8 Å². The highest BCUT2D eigenvalue weighted by molar-refractivity contribution is 6.39. The van der Waals surface area contributed by atoms with Gasteiger partial charge in [-0.25, -0.2) is 4.79 Å². The number of carbonyl (C=O) groups is 2. The Morgan fingerprint density at radius 1 is 1.38 bits per heavy atom. The molecule has 2 amide bonds. The van der Waals surface area contributed by atoms with Gasteiger partial charge in [-0.1, -0.05) is 23.2 Å². The third kappa shape index (κ3) is 2.40. The minimum atomic E-state index is -0.863. The molecule has 0 radical (unpaired) electrons. The fourth-order valence-electron chi connectivity index (χ4n) is 5.73. The van der Waals surface area contributed by atoms with Gasteiger partial charge in [0, 0.05) is 24.4 Å². The van der Waals surface area contributed by atoms with Crippen molar-refractivity contribution in [1.29, 1.82) is 0 Å². The maximum absolute atomic E-state index is 13.6. The molecule has 0 aromatic heterocycles. The van der Waals surface area contributed by atoms with E-state index in [4.69, 9.17) is 43.1 Å². The highest BCUT2D eigenvalue weighted by Crippen LogP contribution is 2.65. The number of alkyl carbamates (subject to hydrolysis) is 1. The molecule has 3 N–H and O–H groups in total. The summed E-state index contributed by atoms with van der Waals surface area (Å²) < 4.78 is 17.3. The summed E-state index contributed by atoms with van der Waals surface area (Å²) in [5.74, 6) is -0.766. The molecule has 4 heterocycles. The first kappa shape index (κ1) is 19.2.